The maximum absolute atomic E-state index is 13.1. The molecule has 0 amide bonds. The fraction of sp³-hybridized carbons (Fsp3) is 0.533. The smallest absolute Gasteiger partial charge is 0.124 e. The van der Waals surface area contributed by atoms with Gasteiger partial charge < -0.3 is 5.32 Å². The number of benzene rings is 1. The molecule has 0 radical (unpaired) electrons. The molecule has 0 aliphatic carbocycles. The largest absolute Gasteiger partial charge is 0.316 e. The van der Waals surface area contributed by atoms with Crippen LogP contribution in [0, 0.1) is 29.0 Å². The third-order valence-electron chi connectivity index (χ3n) is 4.62. The van der Waals surface area contributed by atoms with Crippen molar-refractivity contribution in [2.24, 2.45) is 11.8 Å². The minimum absolute atomic E-state index is 0.337. The molecule has 2 fully saturated rings. The summed E-state index contributed by atoms with van der Waals surface area (Å²) in [7, 11) is 0. The average molecular weight is 259 g/mol. The van der Waals surface area contributed by atoms with Crippen molar-refractivity contribution in [2.75, 3.05) is 19.6 Å². The maximum atomic E-state index is 13.1. The second kappa shape index (κ2) is 4.92. The second-order valence-electron chi connectivity index (χ2n) is 5.67. The normalized spacial score (nSPS) is 30.3. The van der Waals surface area contributed by atoms with Crippen LogP contribution in [0.5, 0.6) is 0 Å². The Labute approximate surface area is 113 Å². The van der Waals surface area contributed by atoms with Gasteiger partial charge in [-0.3, -0.25) is 4.90 Å². The van der Waals surface area contributed by atoms with E-state index in [0.717, 1.165) is 37.7 Å². The second-order valence-corrected chi connectivity index (χ2v) is 5.67. The van der Waals surface area contributed by atoms with E-state index < -0.39 is 0 Å². The van der Waals surface area contributed by atoms with E-state index in [1.165, 1.54) is 12.1 Å². The molecule has 1 N–H and O–H groups in total. The fourth-order valence-corrected chi connectivity index (χ4v) is 3.47. The van der Waals surface area contributed by atoms with Crippen LogP contribution >= 0.6 is 0 Å². The number of nitriles is 1. The first-order valence-electron chi connectivity index (χ1n) is 6.82. The first-order valence-corrected chi connectivity index (χ1v) is 6.82. The molecule has 2 heterocycles. The van der Waals surface area contributed by atoms with E-state index in [9.17, 15) is 4.39 Å². The summed E-state index contributed by atoms with van der Waals surface area (Å²) in [6.45, 7) is 6.27. The van der Waals surface area contributed by atoms with Crippen molar-refractivity contribution in [1.82, 2.24) is 10.2 Å². The Morgan fingerprint density at radius 3 is 3.05 bits per heavy atom. The molecule has 2 aliphatic heterocycles. The Morgan fingerprint density at radius 1 is 1.47 bits per heavy atom. The van der Waals surface area contributed by atoms with Gasteiger partial charge in [-0.15, -0.1) is 0 Å². The van der Waals surface area contributed by atoms with Crippen LogP contribution in [0.25, 0.3) is 0 Å². The lowest BCUT2D eigenvalue weighted by Gasteiger charge is -2.24. The molecule has 100 valence electrons. The molecule has 2 aliphatic rings. The molecule has 1 aromatic carbocycles. The average Bonchev–Trinajstić information content (AvgIpc) is 2.96. The van der Waals surface area contributed by atoms with Gasteiger partial charge in [0.1, 0.15) is 5.82 Å². The highest BCUT2D eigenvalue weighted by Gasteiger charge is 2.41. The molecule has 3 unspecified atom stereocenters. The van der Waals surface area contributed by atoms with Gasteiger partial charge in [-0.25, -0.2) is 4.39 Å². The van der Waals surface area contributed by atoms with E-state index in [1.807, 2.05) is 0 Å². The van der Waals surface area contributed by atoms with E-state index in [0.29, 0.717) is 17.5 Å². The summed E-state index contributed by atoms with van der Waals surface area (Å²) in [5.41, 5.74) is 1.39. The van der Waals surface area contributed by atoms with Crippen molar-refractivity contribution < 1.29 is 4.39 Å². The van der Waals surface area contributed by atoms with Crippen molar-refractivity contribution in [3.63, 3.8) is 0 Å². The summed E-state index contributed by atoms with van der Waals surface area (Å²) < 4.78 is 13.1. The number of nitrogens with zero attached hydrogens (tertiary/aromatic N) is 2. The molecule has 0 saturated carbocycles. The zero-order valence-electron chi connectivity index (χ0n) is 11.1. The van der Waals surface area contributed by atoms with E-state index in [4.69, 9.17) is 5.26 Å². The molecule has 3 nitrogen and oxygen atoms in total. The van der Waals surface area contributed by atoms with E-state index in [2.05, 4.69) is 23.2 Å². The summed E-state index contributed by atoms with van der Waals surface area (Å²) in [6.07, 6.45) is 0. The van der Waals surface area contributed by atoms with Crippen LogP contribution in [0.4, 0.5) is 4.39 Å². The van der Waals surface area contributed by atoms with E-state index in [-0.39, 0.29) is 5.82 Å². The first-order chi connectivity index (χ1) is 9.19. The summed E-state index contributed by atoms with van der Waals surface area (Å²) in [6, 6.07) is 7.14. The summed E-state index contributed by atoms with van der Waals surface area (Å²) in [4.78, 5) is 2.42. The van der Waals surface area contributed by atoms with Gasteiger partial charge in [-0.1, -0.05) is 6.07 Å². The molecular weight excluding hydrogens is 241 g/mol. The maximum Gasteiger partial charge on any atom is 0.124 e. The van der Waals surface area contributed by atoms with Crippen LogP contribution in [-0.2, 0) is 6.54 Å². The molecule has 3 rings (SSSR count). The van der Waals surface area contributed by atoms with E-state index in [1.54, 1.807) is 6.07 Å². The third-order valence-corrected chi connectivity index (χ3v) is 4.62. The topological polar surface area (TPSA) is 39.1 Å². The van der Waals surface area contributed by atoms with Gasteiger partial charge in [0.25, 0.3) is 0 Å². The minimum Gasteiger partial charge on any atom is -0.316 e. The Morgan fingerprint density at radius 2 is 2.32 bits per heavy atom. The molecule has 3 atom stereocenters. The van der Waals surface area contributed by atoms with Gasteiger partial charge >= 0.3 is 0 Å². The SMILES string of the molecule is CC1C2CNCC2CN1Cc1ccc(F)cc1C#N. The van der Waals surface area contributed by atoms with Crippen molar-refractivity contribution in [2.45, 2.75) is 19.5 Å². The molecule has 0 bridgehead atoms. The highest BCUT2D eigenvalue weighted by Crippen LogP contribution is 2.33. The van der Waals surface area contributed by atoms with Gasteiger partial charge in [-0.05, 0) is 49.5 Å². The lowest BCUT2D eigenvalue weighted by molar-refractivity contribution is 0.231. The van der Waals surface area contributed by atoms with Crippen molar-refractivity contribution in [3.05, 3.63) is 35.1 Å². The molecular formula is C15H18FN3. The Kier molecular flexibility index (Phi) is 3.26. The van der Waals surface area contributed by atoms with Crippen LogP contribution in [0.3, 0.4) is 0 Å². The van der Waals surface area contributed by atoms with Gasteiger partial charge in [0, 0.05) is 19.1 Å². The Balaban J connectivity index is 1.78. The van der Waals surface area contributed by atoms with Crippen molar-refractivity contribution in [1.29, 1.82) is 5.26 Å². The molecule has 0 aromatic heterocycles. The number of likely N-dealkylation sites (tertiary alicyclic amines) is 1. The quantitative estimate of drug-likeness (QED) is 0.879. The molecule has 0 spiro atoms. The number of fused-ring (bicyclic) bond motifs is 1. The first kappa shape index (κ1) is 12.6. The molecule has 4 heteroatoms. The fourth-order valence-electron chi connectivity index (χ4n) is 3.47. The van der Waals surface area contributed by atoms with Crippen molar-refractivity contribution in [3.8, 4) is 6.07 Å². The Bertz CT molecular complexity index is 523. The highest BCUT2D eigenvalue weighted by molar-refractivity contribution is 5.38. The van der Waals surface area contributed by atoms with Crippen LogP contribution < -0.4 is 5.32 Å². The lowest BCUT2D eigenvalue weighted by atomic mass is 9.95. The zero-order valence-corrected chi connectivity index (χ0v) is 11.1. The van der Waals surface area contributed by atoms with Crippen LogP contribution in [0.2, 0.25) is 0 Å². The number of halogens is 1. The van der Waals surface area contributed by atoms with Gasteiger partial charge in [0.2, 0.25) is 0 Å². The number of hydrogen-bond acceptors (Lipinski definition) is 3. The predicted octanol–water partition coefficient (Wildman–Crippen LogP) is 1.74. The van der Waals surface area contributed by atoms with Crippen LogP contribution in [0.1, 0.15) is 18.1 Å². The van der Waals surface area contributed by atoms with Gasteiger partial charge in [-0.2, -0.15) is 5.26 Å². The van der Waals surface area contributed by atoms with Crippen LogP contribution in [-0.4, -0.2) is 30.6 Å². The lowest BCUT2D eigenvalue weighted by Crippen LogP contribution is -2.33. The van der Waals surface area contributed by atoms with E-state index >= 15 is 0 Å². The zero-order chi connectivity index (χ0) is 13.4. The van der Waals surface area contributed by atoms with Crippen LogP contribution in [0.15, 0.2) is 18.2 Å². The molecule has 1 aromatic rings. The number of rotatable bonds is 2. The molecule has 2 saturated heterocycles. The number of hydrogen-bond donors (Lipinski definition) is 1. The Hall–Kier alpha value is -1.44. The monoisotopic (exact) mass is 259 g/mol. The van der Waals surface area contributed by atoms with Gasteiger partial charge in [0.05, 0.1) is 11.6 Å². The minimum atomic E-state index is -0.337. The predicted molar refractivity (Wildman–Crippen MR) is 70.8 cm³/mol. The summed E-state index contributed by atoms with van der Waals surface area (Å²) in [5.74, 6) is 1.10. The van der Waals surface area contributed by atoms with Gasteiger partial charge in [0.15, 0.2) is 0 Å². The number of nitrogens with one attached hydrogen (secondary N) is 1. The van der Waals surface area contributed by atoms with Crippen molar-refractivity contribution >= 4 is 0 Å². The standard InChI is InChI=1S/C15H18FN3/c1-10-15-7-18-6-13(15)9-19(10)8-11-2-3-14(16)4-12(11)5-17/h2-4,10,13,15,18H,6-9H2,1H3. The molecule has 19 heavy (non-hydrogen) atoms. The summed E-state index contributed by atoms with van der Waals surface area (Å²) in [5, 5.41) is 12.5. The highest BCUT2D eigenvalue weighted by atomic mass is 19.1. The third kappa shape index (κ3) is 2.24. The summed E-state index contributed by atoms with van der Waals surface area (Å²) >= 11 is 0.